The summed E-state index contributed by atoms with van der Waals surface area (Å²) in [7, 11) is 3.37. The molecule has 0 aliphatic heterocycles. The lowest BCUT2D eigenvalue weighted by Crippen LogP contribution is -1.92. The maximum Gasteiger partial charge on any atom is 0.128 e. The van der Waals surface area contributed by atoms with Gasteiger partial charge in [-0.05, 0) is 64.0 Å². The third-order valence-corrected chi connectivity index (χ3v) is 7.57. The van der Waals surface area contributed by atoms with Crippen LogP contribution in [0.1, 0.15) is 11.1 Å². The number of methoxy groups -OCH3 is 2. The zero-order valence-corrected chi connectivity index (χ0v) is 23.3. The van der Waals surface area contributed by atoms with E-state index in [4.69, 9.17) is 24.4 Å². The Balaban J connectivity index is 1.24. The van der Waals surface area contributed by atoms with Crippen molar-refractivity contribution in [2.24, 2.45) is 9.98 Å². The number of ether oxygens (including phenoxy) is 2. The fourth-order valence-corrected chi connectivity index (χ4v) is 5.41. The van der Waals surface area contributed by atoms with Crippen molar-refractivity contribution >= 4 is 67.2 Å². The predicted molar refractivity (Wildman–Crippen MR) is 175 cm³/mol. The Hall–Kier alpha value is -5.55. The van der Waals surface area contributed by atoms with Gasteiger partial charge < -0.3 is 9.47 Å². The summed E-state index contributed by atoms with van der Waals surface area (Å²) in [6.07, 6.45) is 3.75. The van der Waals surface area contributed by atoms with Crippen LogP contribution < -0.4 is 9.47 Å². The quantitative estimate of drug-likeness (QED) is 0.155. The topological polar surface area (TPSA) is 56.1 Å². The fraction of sp³-hybridized carbons (Fsp3) is 0.0541. The van der Waals surface area contributed by atoms with Crippen LogP contribution in [0, 0.1) is 0 Å². The SMILES string of the molecule is COc1ccc2ccccc2c1C=Nc1ccc2cc3ccc(N=Cc4c(OC)ccc5ccccc45)cc3nc2c1. The summed E-state index contributed by atoms with van der Waals surface area (Å²) in [5.41, 5.74) is 5.29. The van der Waals surface area contributed by atoms with Gasteiger partial charge in [0.1, 0.15) is 11.5 Å². The van der Waals surface area contributed by atoms with E-state index < -0.39 is 0 Å². The zero-order valence-electron chi connectivity index (χ0n) is 23.3. The van der Waals surface area contributed by atoms with Crippen LogP contribution in [0.25, 0.3) is 43.4 Å². The van der Waals surface area contributed by atoms with Gasteiger partial charge in [0.05, 0.1) is 36.6 Å². The maximum absolute atomic E-state index is 5.63. The molecule has 202 valence electrons. The Bertz CT molecular complexity index is 2030. The van der Waals surface area contributed by atoms with Crippen molar-refractivity contribution < 1.29 is 9.47 Å². The van der Waals surface area contributed by atoms with E-state index in [0.29, 0.717) is 0 Å². The number of fused-ring (bicyclic) bond motifs is 4. The second-order valence-electron chi connectivity index (χ2n) is 10.1. The Morgan fingerprint density at radius 1 is 0.500 bits per heavy atom. The van der Waals surface area contributed by atoms with Crippen LogP contribution in [0.2, 0.25) is 0 Å². The van der Waals surface area contributed by atoms with E-state index in [0.717, 1.165) is 77.4 Å². The molecule has 0 atom stereocenters. The summed E-state index contributed by atoms with van der Waals surface area (Å²) >= 11 is 0. The Morgan fingerprint density at radius 3 is 1.43 bits per heavy atom. The van der Waals surface area contributed by atoms with Gasteiger partial charge in [0.25, 0.3) is 0 Å². The zero-order chi connectivity index (χ0) is 28.5. The van der Waals surface area contributed by atoms with Crippen molar-refractivity contribution in [3.05, 3.63) is 126 Å². The average Bonchev–Trinajstić information content (AvgIpc) is 3.04. The van der Waals surface area contributed by atoms with Crippen molar-refractivity contribution in [2.75, 3.05) is 14.2 Å². The first-order valence-corrected chi connectivity index (χ1v) is 13.7. The number of aromatic nitrogens is 1. The monoisotopic (exact) mass is 545 g/mol. The highest BCUT2D eigenvalue weighted by molar-refractivity contribution is 6.04. The number of hydrogen-bond donors (Lipinski definition) is 0. The number of benzene rings is 6. The summed E-state index contributed by atoms with van der Waals surface area (Å²) < 4.78 is 11.3. The lowest BCUT2D eigenvalue weighted by molar-refractivity contribution is 0.414. The lowest BCUT2D eigenvalue weighted by Gasteiger charge is -2.09. The number of aliphatic imine (C=N–C) groups is 2. The van der Waals surface area contributed by atoms with E-state index in [1.807, 2.05) is 73.1 Å². The molecule has 7 aromatic rings. The molecule has 6 aromatic carbocycles. The summed E-state index contributed by atoms with van der Waals surface area (Å²) in [5, 5.41) is 6.59. The van der Waals surface area contributed by atoms with E-state index in [-0.39, 0.29) is 0 Å². The molecule has 7 rings (SSSR count). The minimum atomic E-state index is 0.788. The Kier molecular flexibility index (Phi) is 6.53. The summed E-state index contributed by atoms with van der Waals surface area (Å²) in [5.74, 6) is 1.58. The third kappa shape index (κ3) is 4.71. The molecule has 42 heavy (non-hydrogen) atoms. The average molecular weight is 546 g/mol. The molecule has 1 heterocycles. The second-order valence-corrected chi connectivity index (χ2v) is 10.1. The van der Waals surface area contributed by atoms with E-state index in [9.17, 15) is 0 Å². The van der Waals surface area contributed by atoms with Crippen LogP contribution in [0.3, 0.4) is 0 Å². The smallest absolute Gasteiger partial charge is 0.128 e. The Morgan fingerprint density at radius 2 is 0.952 bits per heavy atom. The normalized spacial score (nSPS) is 11.9. The standard InChI is InChI=1S/C37H27N3O2/c1-41-36-17-13-24-7-3-5-9-30(24)32(36)22-38-28-15-11-26-19-27-12-16-29(21-35(27)40-34(26)20-28)39-23-33-31-10-6-4-8-25(31)14-18-37(33)42-2/h3-23H,1-2H3. The van der Waals surface area contributed by atoms with Crippen LogP contribution in [0.4, 0.5) is 11.4 Å². The maximum atomic E-state index is 5.63. The number of pyridine rings is 1. The molecular formula is C37H27N3O2. The fourth-order valence-electron chi connectivity index (χ4n) is 5.41. The molecule has 0 saturated carbocycles. The largest absolute Gasteiger partial charge is 0.496 e. The molecule has 0 fully saturated rings. The first kappa shape index (κ1) is 25.4. The highest BCUT2D eigenvalue weighted by Gasteiger charge is 2.08. The number of rotatable bonds is 6. The molecule has 0 amide bonds. The molecule has 0 radical (unpaired) electrons. The summed E-state index contributed by atoms with van der Waals surface area (Å²) in [6.45, 7) is 0. The van der Waals surface area contributed by atoms with Crippen LogP contribution in [0.15, 0.2) is 125 Å². The molecule has 0 bridgehead atoms. The molecule has 5 heteroatoms. The van der Waals surface area contributed by atoms with Gasteiger partial charge >= 0.3 is 0 Å². The van der Waals surface area contributed by atoms with Gasteiger partial charge in [0.2, 0.25) is 0 Å². The highest BCUT2D eigenvalue weighted by atomic mass is 16.5. The van der Waals surface area contributed by atoms with Gasteiger partial charge in [0.15, 0.2) is 0 Å². The molecule has 0 spiro atoms. The first-order valence-electron chi connectivity index (χ1n) is 13.7. The van der Waals surface area contributed by atoms with Crippen molar-refractivity contribution in [3.8, 4) is 11.5 Å². The molecule has 0 aliphatic carbocycles. The van der Waals surface area contributed by atoms with Gasteiger partial charge in [0, 0.05) is 34.3 Å². The molecule has 0 aliphatic rings. The van der Waals surface area contributed by atoms with E-state index >= 15 is 0 Å². The minimum Gasteiger partial charge on any atom is -0.496 e. The van der Waals surface area contributed by atoms with Gasteiger partial charge in [-0.25, -0.2) is 4.98 Å². The number of nitrogens with zero attached hydrogens (tertiary/aromatic N) is 3. The molecular weight excluding hydrogens is 518 g/mol. The lowest BCUT2D eigenvalue weighted by atomic mass is 10.0. The van der Waals surface area contributed by atoms with Crippen molar-refractivity contribution in [3.63, 3.8) is 0 Å². The van der Waals surface area contributed by atoms with Crippen molar-refractivity contribution in [2.45, 2.75) is 0 Å². The molecule has 5 nitrogen and oxygen atoms in total. The Labute approximate surface area is 243 Å². The molecule has 0 saturated heterocycles. The summed E-state index contributed by atoms with van der Waals surface area (Å²) in [6, 6.07) is 38.9. The first-order chi connectivity index (χ1) is 20.7. The van der Waals surface area contributed by atoms with Gasteiger partial charge in [-0.15, -0.1) is 0 Å². The second kappa shape index (κ2) is 10.8. The third-order valence-electron chi connectivity index (χ3n) is 7.57. The van der Waals surface area contributed by atoms with Gasteiger partial charge in [-0.3, -0.25) is 9.98 Å². The number of hydrogen-bond acceptors (Lipinski definition) is 5. The highest BCUT2D eigenvalue weighted by Crippen LogP contribution is 2.30. The van der Waals surface area contributed by atoms with E-state index in [2.05, 4.69) is 54.6 Å². The molecule has 0 unspecified atom stereocenters. The molecule has 1 aromatic heterocycles. The van der Waals surface area contributed by atoms with Crippen LogP contribution in [0.5, 0.6) is 11.5 Å². The minimum absolute atomic E-state index is 0.788. The van der Waals surface area contributed by atoms with E-state index in [1.165, 1.54) is 0 Å². The van der Waals surface area contributed by atoms with Crippen LogP contribution in [-0.2, 0) is 0 Å². The summed E-state index contributed by atoms with van der Waals surface area (Å²) in [4.78, 5) is 14.6. The molecule has 0 N–H and O–H groups in total. The van der Waals surface area contributed by atoms with E-state index in [1.54, 1.807) is 14.2 Å². The van der Waals surface area contributed by atoms with Crippen LogP contribution >= 0.6 is 0 Å². The van der Waals surface area contributed by atoms with Crippen LogP contribution in [-0.4, -0.2) is 31.6 Å². The van der Waals surface area contributed by atoms with Crippen molar-refractivity contribution in [1.29, 1.82) is 0 Å². The van der Waals surface area contributed by atoms with Gasteiger partial charge in [-0.2, -0.15) is 0 Å². The predicted octanol–water partition coefficient (Wildman–Crippen LogP) is 9.21. The van der Waals surface area contributed by atoms with Gasteiger partial charge in [-0.1, -0.05) is 72.8 Å². The van der Waals surface area contributed by atoms with Crippen molar-refractivity contribution in [1.82, 2.24) is 4.98 Å².